The smallest absolute Gasteiger partial charge is 0.317 e. The highest BCUT2D eigenvalue weighted by Gasteiger charge is 2.33. The van der Waals surface area contributed by atoms with Gasteiger partial charge in [-0.05, 0) is 43.7 Å². The molecule has 112 valence electrons. The molecule has 1 aliphatic rings. The van der Waals surface area contributed by atoms with Gasteiger partial charge in [-0.2, -0.15) is 0 Å². The Morgan fingerprint density at radius 2 is 2.15 bits per heavy atom. The number of hydrogen-bond donors (Lipinski definition) is 2. The van der Waals surface area contributed by atoms with Gasteiger partial charge in [-0.3, -0.25) is 0 Å². The van der Waals surface area contributed by atoms with Gasteiger partial charge < -0.3 is 15.3 Å². The summed E-state index contributed by atoms with van der Waals surface area (Å²) in [4.78, 5) is 16.4. The molecule has 1 fully saturated rings. The van der Waals surface area contributed by atoms with E-state index < -0.39 is 0 Å². The van der Waals surface area contributed by atoms with Crippen molar-refractivity contribution in [3.8, 4) is 0 Å². The second-order valence-corrected chi connectivity index (χ2v) is 7.04. The summed E-state index contributed by atoms with van der Waals surface area (Å²) in [6.45, 7) is 6.50. The van der Waals surface area contributed by atoms with Crippen molar-refractivity contribution in [1.29, 1.82) is 0 Å². The molecule has 0 unspecified atom stereocenters. The van der Waals surface area contributed by atoms with Crippen LogP contribution in [-0.4, -0.2) is 35.7 Å². The molecule has 4 nitrogen and oxygen atoms in total. The molecule has 2 rings (SSSR count). The molecular weight excluding hydrogens is 272 g/mol. The Hall–Kier alpha value is -1.07. The average molecular weight is 296 g/mol. The average Bonchev–Trinajstić information content (AvgIpc) is 2.90. The number of nitrogens with one attached hydrogen (secondary N) is 1. The zero-order chi connectivity index (χ0) is 14.6. The summed E-state index contributed by atoms with van der Waals surface area (Å²) in [7, 11) is 0. The predicted octanol–water partition coefficient (Wildman–Crippen LogP) is 2.75. The number of hydrogen-bond acceptors (Lipinski definition) is 3. The lowest BCUT2D eigenvalue weighted by Gasteiger charge is -2.40. The maximum atomic E-state index is 12.1. The van der Waals surface area contributed by atoms with Crippen molar-refractivity contribution in [3.63, 3.8) is 0 Å². The van der Waals surface area contributed by atoms with Crippen LogP contribution in [0.4, 0.5) is 4.79 Å². The van der Waals surface area contributed by atoms with E-state index in [9.17, 15) is 9.90 Å². The molecule has 1 aromatic rings. The summed E-state index contributed by atoms with van der Waals surface area (Å²) < 4.78 is 0. The van der Waals surface area contributed by atoms with Crippen LogP contribution in [0.15, 0.2) is 12.1 Å². The summed E-state index contributed by atoms with van der Waals surface area (Å²) in [5.41, 5.74) is 0.0294. The molecule has 0 bridgehead atoms. The summed E-state index contributed by atoms with van der Waals surface area (Å²) in [6.07, 6.45) is 2.77. The van der Waals surface area contributed by atoms with Gasteiger partial charge in [0.25, 0.3) is 0 Å². The van der Waals surface area contributed by atoms with E-state index in [4.69, 9.17) is 0 Å². The topological polar surface area (TPSA) is 52.6 Å². The molecule has 1 aliphatic heterocycles. The molecule has 1 aromatic heterocycles. The number of aryl methyl sites for hydroxylation is 1. The third-order valence-corrected chi connectivity index (χ3v) is 5.41. The Bertz CT molecular complexity index is 444. The van der Waals surface area contributed by atoms with Gasteiger partial charge in [-0.1, -0.05) is 6.92 Å². The zero-order valence-electron chi connectivity index (χ0n) is 12.3. The first kappa shape index (κ1) is 15.3. The first-order valence-corrected chi connectivity index (χ1v) is 8.09. The highest BCUT2D eigenvalue weighted by molar-refractivity contribution is 7.11. The van der Waals surface area contributed by atoms with Crippen molar-refractivity contribution in [2.45, 2.75) is 39.7 Å². The highest BCUT2D eigenvalue weighted by atomic mass is 32.1. The predicted molar refractivity (Wildman–Crippen MR) is 81.9 cm³/mol. The molecule has 0 spiro atoms. The number of aliphatic hydroxyl groups is 1. The first-order chi connectivity index (χ1) is 9.58. The Labute approximate surface area is 124 Å². The molecule has 0 aliphatic carbocycles. The van der Waals surface area contributed by atoms with E-state index in [1.54, 1.807) is 11.3 Å². The molecule has 2 amide bonds. The lowest BCUT2D eigenvalue weighted by molar-refractivity contribution is 0.0519. The number of aliphatic hydroxyl groups excluding tert-OH is 1. The normalized spacial score (nSPS) is 18.1. The third kappa shape index (κ3) is 3.52. The highest BCUT2D eigenvalue weighted by Crippen LogP contribution is 2.34. The van der Waals surface area contributed by atoms with Gasteiger partial charge in [0.1, 0.15) is 0 Å². The van der Waals surface area contributed by atoms with Crippen molar-refractivity contribution >= 4 is 17.4 Å². The Balaban J connectivity index is 1.80. The molecule has 0 aromatic carbocycles. The number of thiophene rings is 1. The van der Waals surface area contributed by atoms with Crippen LogP contribution in [0.3, 0.4) is 0 Å². The zero-order valence-corrected chi connectivity index (χ0v) is 13.1. The lowest BCUT2D eigenvalue weighted by atomic mass is 9.77. The van der Waals surface area contributed by atoms with E-state index in [0.29, 0.717) is 6.54 Å². The van der Waals surface area contributed by atoms with Crippen molar-refractivity contribution in [2.24, 2.45) is 5.41 Å². The number of piperidine rings is 1. The van der Waals surface area contributed by atoms with Crippen LogP contribution in [0.25, 0.3) is 0 Å². The van der Waals surface area contributed by atoms with Crippen molar-refractivity contribution < 1.29 is 9.90 Å². The Morgan fingerprint density at radius 3 is 2.65 bits per heavy atom. The number of likely N-dealkylation sites (tertiary alicyclic amines) is 1. The van der Waals surface area contributed by atoms with Crippen LogP contribution in [0.2, 0.25) is 0 Å². The second-order valence-electron chi connectivity index (χ2n) is 5.67. The third-order valence-electron chi connectivity index (χ3n) is 4.41. The summed E-state index contributed by atoms with van der Waals surface area (Å²) in [5, 5.41) is 12.5. The van der Waals surface area contributed by atoms with E-state index in [1.165, 1.54) is 9.75 Å². The van der Waals surface area contributed by atoms with Crippen LogP contribution >= 0.6 is 11.3 Å². The molecule has 5 heteroatoms. The second kappa shape index (κ2) is 6.59. The number of carbonyl (C=O) groups excluding carboxylic acids is 1. The number of rotatable bonds is 4. The Kier molecular flexibility index (Phi) is 5.05. The van der Waals surface area contributed by atoms with E-state index in [1.807, 2.05) is 4.90 Å². The summed E-state index contributed by atoms with van der Waals surface area (Å²) in [6, 6.07) is 4.15. The van der Waals surface area contributed by atoms with Crippen molar-refractivity contribution in [2.75, 3.05) is 19.7 Å². The van der Waals surface area contributed by atoms with E-state index in [-0.39, 0.29) is 18.1 Å². The lowest BCUT2D eigenvalue weighted by Crippen LogP contribution is -2.48. The van der Waals surface area contributed by atoms with Gasteiger partial charge >= 0.3 is 6.03 Å². The van der Waals surface area contributed by atoms with Gasteiger partial charge in [0, 0.05) is 29.5 Å². The molecule has 0 saturated carbocycles. The molecule has 0 radical (unpaired) electrons. The number of nitrogens with zero attached hydrogens (tertiary/aromatic N) is 1. The minimum Gasteiger partial charge on any atom is -0.396 e. The van der Waals surface area contributed by atoms with Gasteiger partial charge in [-0.15, -0.1) is 11.3 Å². The molecule has 1 saturated heterocycles. The van der Waals surface area contributed by atoms with E-state index in [2.05, 4.69) is 31.3 Å². The minimum absolute atomic E-state index is 0.0127. The van der Waals surface area contributed by atoms with Crippen molar-refractivity contribution in [1.82, 2.24) is 10.2 Å². The Morgan fingerprint density at radius 1 is 1.45 bits per heavy atom. The van der Waals surface area contributed by atoms with E-state index in [0.717, 1.165) is 32.4 Å². The molecular formula is C15H24N2O2S. The van der Waals surface area contributed by atoms with Gasteiger partial charge in [0.2, 0.25) is 0 Å². The van der Waals surface area contributed by atoms with Gasteiger partial charge in [0.15, 0.2) is 0 Å². The largest absolute Gasteiger partial charge is 0.396 e. The number of carbonyl (C=O) groups is 1. The molecule has 20 heavy (non-hydrogen) atoms. The fourth-order valence-corrected chi connectivity index (χ4v) is 3.49. The standard InChI is InChI=1S/C15H24N2O2S/c1-3-15(11-18)6-8-17(9-7-15)14(19)16-10-13-5-4-12(2)20-13/h4-5,18H,3,6-11H2,1-2H3,(H,16,19). The van der Waals surface area contributed by atoms with Gasteiger partial charge in [-0.25, -0.2) is 4.79 Å². The van der Waals surface area contributed by atoms with Crippen LogP contribution in [-0.2, 0) is 6.54 Å². The molecule has 2 N–H and O–H groups in total. The van der Waals surface area contributed by atoms with Crippen molar-refractivity contribution in [3.05, 3.63) is 21.9 Å². The summed E-state index contributed by atoms with van der Waals surface area (Å²) >= 11 is 1.72. The SMILES string of the molecule is CCC1(CO)CCN(C(=O)NCc2ccc(C)s2)CC1. The van der Waals surface area contributed by atoms with Crippen LogP contribution in [0.5, 0.6) is 0 Å². The quantitative estimate of drug-likeness (QED) is 0.897. The monoisotopic (exact) mass is 296 g/mol. The minimum atomic E-state index is 0.0127. The molecule has 0 atom stereocenters. The first-order valence-electron chi connectivity index (χ1n) is 7.27. The summed E-state index contributed by atoms with van der Waals surface area (Å²) in [5.74, 6) is 0. The van der Waals surface area contributed by atoms with Crippen LogP contribution in [0, 0.1) is 12.3 Å². The van der Waals surface area contributed by atoms with Crippen LogP contribution < -0.4 is 5.32 Å². The maximum Gasteiger partial charge on any atom is 0.317 e. The maximum absolute atomic E-state index is 12.1. The molecule has 2 heterocycles. The van der Waals surface area contributed by atoms with Gasteiger partial charge in [0.05, 0.1) is 6.54 Å². The van der Waals surface area contributed by atoms with E-state index >= 15 is 0 Å². The fraction of sp³-hybridized carbons (Fsp3) is 0.667. The fourth-order valence-electron chi connectivity index (χ4n) is 2.66. The number of amides is 2. The van der Waals surface area contributed by atoms with Crippen LogP contribution in [0.1, 0.15) is 35.9 Å². The number of urea groups is 1.